The number of carbonyl (C=O) groups excluding carboxylic acids is 1. The largest absolute Gasteiger partial charge is 0.463 e. The normalized spacial score (nSPS) is 12.0. The quantitative estimate of drug-likeness (QED) is 0.492. The highest BCUT2D eigenvalue weighted by Gasteiger charge is 2.20. The molecule has 4 rings (SSSR count). The lowest BCUT2D eigenvalue weighted by molar-refractivity contribution is -0.124. The molecular weight excluding hydrogens is 419 g/mol. The summed E-state index contributed by atoms with van der Waals surface area (Å²) in [6.07, 6.45) is 1.51. The van der Waals surface area contributed by atoms with E-state index in [1.165, 1.54) is 29.7 Å². The molecule has 1 aromatic carbocycles. The Morgan fingerprint density at radius 1 is 1.23 bits per heavy atom. The Morgan fingerprint density at radius 2 is 2.03 bits per heavy atom. The monoisotopic (exact) mass is 438 g/mol. The van der Waals surface area contributed by atoms with Crippen molar-refractivity contribution in [1.29, 1.82) is 0 Å². The average molecular weight is 438 g/mol. The molecule has 3 aromatic heterocycles. The molecule has 1 atom stereocenters. The lowest BCUT2D eigenvalue weighted by atomic mass is 10.2. The number of furan rings is 1. The number of hydrogen-bond acceptors (Lipinski definition) is 6. The van der Waals surface area contributed by atoms with Crippen LogP contribution in [-0.4, -0.2) is 20.7 Å². The Morgan fingerprint density at radius 3 is 2.77 bits per heavy atom. The van der Waals surface area contributed by atoms with E-state index >= 15 is 0 Å². The molecule has 0 bridgehead atoms. The van der Waals surface area contributed by atoms with E-state index in [1.54, 1.807) is 43.3 Å². The van der Waals surface area contributed by atoms with E-state index in [2.05, 4.69) is 15.4 Å². The van der Waals surface area contributed by atoms with Gasteiger partial charge in [-0.25, -0.2) is 14.1 Å². The van der Waals surface area contributed by atoms with Crippen molar-refractivity contribution in [2.45, 2.75) is 26.4 Å². The number of aryl methyl sites for hydroxylation is 1. The Hall–Kier alpha value is -3.59. The van der Waals surface area contributed by atoms with Crippen LogP contribution in [0.3, 0.4) is 0 Å². The fraction of sp³-hybridized carbons (Fsp3) is 0.182. The summed E-state index contributed by atoms with van der Waals surface area (Å²) in [7, 11) is 0. The minimum Gasteiger partial charge on any atom is -0.463 e. The van der Waals surface area contributed by atoms with Gasteiger partial charge in [0.05, 0.1) is 18.5 Å². The molecule has 1 amide bonds. The van der Waals surface area contributed by atoms with Crippen LogP contribution in [0.1, 0.15) is 23.5 Å². The summed E-state index contributed by atoms with van der Waals surface area (Å²) in [6.45, 7) is 3.62. The Bertz CT molecular complexity index is 1280. The second kappa shape index (κ2) is 8.65. The molecule has 4 aromatic rings. The molecule has 0 spiro atoms. The number of nitrogens with one attached hydrogen (secondary N) is 1. The van der Waals surface area contributed by atoms with Crippen LogP contribution in [0.4, 0.5) is 4.39 Å². The Kier molecular flexibility index (Phi) is 5.77. The van der Waals surface area contributed by atoms with Crippen LogP contribution < -0.4 is 10.9 Å². The summed E-state index contributed by atoms with van der Waals surface area (Å²) in [4.78, 5) is 30.2. The summed E-state index contributed by atoms with van der Waals surface area (Å²) in [5.41, 5.74) is 1.20. The zero-order valence-electron chi connectivity index (χ0n) is 16.8. The molecule has 0 aliphatic heterocycles. The van der Waals surface area contributed by atoms with Crippen molar-refractivity contribution in [1.82, 2.24) is 20.1 Å². The van der Waals surface area contributed by atoms with Gasteiger partial charge in [0.25, 0.3) is 5.56 Å². The summed E-state index contributed by atoms with van der Waals surface area (Å²) in [6, 6.07) is 11.9. The highest BCUT2D eigenvalue weighted by Crippen LogP contribution is 2.29. The first kappa shape index (κ1) is 20.7. The number of rotatable bonds is 6. The predicted molar refractivity (Wildman–Crippen MR) is 115 cm³/mol. The molecule has 0 radical (unpaired) electrons. The van der Waals surface area contributed by atoms with E-state index in [-0.39, 0.29) is 18.3 Å². The average Bonchev–Trinajstić information content (AvgIpc) is 3.42. The molecule has 1 N–H and O–H groups in total. The van der Waals surface area contributed by atoms with Crippen molar-refractivity contribution in [3.8, 4) is 22.0 Å². The molecule has 0 aliphatic rings. The lowest BCUT2D eigenvalue weighted by Gasteiger charge is -2.14. The first-order valence-electron chi connectivity index (χ1n) is 9.56. The summed E-state index contributed by atoms with van der Waals surface area (Å²) >= 11 is 1.32. The molecule has 158 valence electrons. The van der Waals surface area contributed by atoms with Crippen molar-refractivity contribution in [2.24, 2.45) is 0 Å². The fourth-order valence-electron chi connectivity index (χ4n) is 3.03. The SMILES string of the molecule is Cc1nc(-c2ccccc2F)sc1CNC(=O)C(C)n1nc(-c2ccco2)ccc1=O. The number of aromatic nitrogens is 3. The topological polar surface area (TPSA) is 90.0 Å². The van der Waals surface area contributed by atoms with Crippen LogP contribution >= 0.6 is 11.3 Å². The zero-order chi connectivity index (χ0) is 22.0. The van der Waals surface area contributed by atoms with Crippen LogP contribution in [0.15, 0.2) is 64.0 Å². The third-order valence-corrected chi connectivity index (χ3v) is 5.96. The van der Waals surface area contributed by atoms with Crippen LogP contribution in [0.5, 0.6) is 0 Å². The van der Waals surface area contributed by atoms with Gasteiger partial charge >= 0.3 is 0 Å². The van der Waals surface area contributed by atoms with Crippen LogP contribution in [-0.2, 0) is 11.3 Å². The van der Waals surface area contributed by atoms with E-state index in [0.29, 0.717) is 27.7 Å². The maximum Gasteiger partial charge on any atom is 0.267 e. The molecule has 0 aliphatic carbocycles. The van der Waals surface area contributed by atoms with Gasteiger partial charge in [-0.1, -0.05) is 12.1 Å². The van der Waals surface area contributed by atoms with E-state index in [9.17, 15) is 14.0 Å². The third kappa shape index (κ3) is 4.31. The van der Waals surface area contributed by atoms with Gasteiger partial charge in [-0.15, -0.1) is 11.3 Å². The fourth-order valence-corrected chi connectivity index (χ4v) is 4.06. The third-order valence-electron chi connectivity index (χ3n) is 4.77. The second-order valence-corrected chi connectivity index (χ2v) is 7.96. The zero-order valence-corrected chi connectivity index (χ0v) is 17.6. The molecule has 3 heterocycles. The van der Waals surface area contributed by atoms with Gasteiger partial charge in [0.15, 0.2) is 5.76 Å². The van der Waals surface area contributed by atoms with E-state index < -0.39 is 11.6 Å². The molecular formula is C22H19FN4O3S. The number of halogens is 1. The number of hydrogen-bond donors (Lipinski definition) is 1. The number of amides is 1. The number of thiazole rings is 1. The van der Waals surface area contributed by atoms with Crippen molar-refractivity contribution >= 4 is 17.2 Å². The van der Waals surface area contributed by atoms with Gasteiger partial charge in [0, 0.05) is 16.5 Å². The predicted octanol–water partition coefficient (Wildman–Crippen LogP) is 3.95. The van der Waals surface area contributed by atoms with Crippen molar-refractivity contribution in [3.63, 3.8) is 0 Å². The smallest absolute Gasteiger partial charge is 0.267 e. The van der Waals surface area contributed by atoms with Crippen molar-refractivity contribution in [3.05, 3.63) is 81.5 Å². The standard InChI is InChI=1S/C22H19FN4O3S/c1-13-19(31-22(25-13)15-6-3-4-7-16(15)23)12-24-21(29)14(2)27-20(28)10-9-17(26-27)18-8-5-11-30-18/h3-11,14H,12H2,1-2H3,(H,24,29). The van der Waals surface area contributed by atoms with Crippen molar-refractivity contribution in [2.75, 3.05) is 0 Å². The number of carbonyl (C=O) groups is 1. The van der Waals surface area contributed by atoms with Gasteiger partial charge in [-0.3, -0.25) is 9.59 Å². The van der Waals surface area contributed by atoms with E-state index in [0.717, 1.165) is 9.56 Å². The van der Waals surface area contributed by atoms with Crippen LogP contribution in [0, 0.1) is 12.7 Å². The minimum atomic E-state index is -0.832. The van der Waals surface area contributed by atoms with Gasteiger partial charge in [-0.2, -0.15) is 5.10 Å². The molecule has 0 saturated heterocycles. The Labute approximate surface area is 181 Å². The van der Waals surface area contributed by atoms with Crippen LogP contribution in [0.25, 0.3) is 22.0 Å². The molecule has 0 saturated carbocycles. The first-order valence-corrected chi connectivity index (χ1v) is 10.4. The van der Waals surface area contributed by atoms with Crippen molar-refractivity contribution < 1.29 is 13.6 Å². The van der Waals surface area contributed by atoms with Crippen LogP contribution in [0.2, 0.25) is 0 Å². The molecule has 9 heteroatoms. The molecule has 7 nitrogen and oxygen atoms in total. The van der Waals surface area contributed by atoms with Gasteiger partial charge in [0.2, 0.25) is 5.91 Å². The maximum absolute atomic E-state index is 14.0. The summed E-state index contributed by atoms with van der Waals surface area (Å²) in [5.74, 6) is -0.212. The molecule has 31 heavy (non-hydrogen) atoms. The second-order valence-electron chi connectivity index (χ2n) is 6.88. The van der Waals surface area contributed by atoms with E-state index in [1.807, 2.05) is 6.92 Å². The number of nitrogens with zero attached hydrogens (tertiary/aromatic N) is 3. The summed E-state index contributed by atoms with van der Waals surface area (Å²) < 4.78 is 20.5. The number of benzene rings is 1. The van der Waals surface area contributed by atoms with E-state index in [4.69, 9.17) is 4.42 Å². The minimum absolute atomic E-state index is 0.216. The van der Waals surface area contributed by atoms with Gasteiger partial charge in [0.1, 0.15) is 22.6 Å². The molecule has 1 unspecified atom stereocenters. The van der Waals surface area contributed by atoms with Gasteiger partial charge < -0.3 is 9.73 Å². The molecule has 0 fully saturated rings. The highest BCUT2D eigenvalue weighted by molar-refractivity contribution is 7.15. The maximum atomic E-state index is 14.0. The Balaban J connectivity index is 1.49. The summed E-state index contributed by atoms with van der Waals surface area (Å²) in [5, 5.41) is 7.63. The first-order chi connectivity index (χ1) is 14.9. The lowest BCUT2D eigenvalue weighted by Crippen LogP contribution is -2.36. The highest BCUT2D eigenvalue weighted by atomic mass is 32.1. The van der Waals surface area contributed by atoms with Gasteiger partial charge in [-0.05, 0) is 44.2 Å².